The Morgan fingerprint density at radius 3 is 2.36 bits per heavy atom. The number of rotatable bonds is 12. The van der Waals surface area contributed by atoms with Crippen LogP contribution in [-0.4, -0.2) is 33.9 Å². The minimum Gasteiger partial charge on any atom is -0.495 e. The monoisotopic (exact) mass is 647 g/mol. The first kappa shape index (κ1) is 33.5. The lowest BCUT2D eigenvalue weighted by Crippen LogP contribution is -2.45. The first-order chi connectivity index (χ1) is 21.3. The second-order valence-electron chi connectivity index (χ2n) is 10.2. The number of alkyl halides is 3. The number of carboxylic acids is 1. The van der Waals surface area contributed by atoms with Gasteiger partial charge >= 0.3 is 17.8 Å². The minimum absolute atomic E-state index is 0.0292. The van der Waals surface area contributed by atoms with Crippen molar-refractivity contribution in [2.75, 3.05) is 13.7 Å². The summed E-state index contributed by atoms with van der Waals surface area (Å²) < 4.78 is 63.9. The summed E-state index contributed by atoms with van der Waals surface area (Å²) in [6, 6.07) is 15.2. The number of hydrogen-bond acceptors (Lipinski definition) is 5. The molecule has 0 fully saturated rings. The predicted octanol–water partition coefficient (Wildman–Crippen LogP) is 6.05. The molecule has 0 saturated heterocycles. The number of ether oxygens (including phenoxy) is 1. The molecule has 8 nitrogen and oxygen atoms in total. The van der Waals surface area contributed by atoms with Crippen molar-refractivity contribution in [1.82, 2.24) is 14.5 Å². The molecule has 0 bridgehead atoms. The summed E-state index contributed by atoms with van der Waals surface area (Å²) >= 11 is 6.58. The van der Waals surface area contributed by atoms with Crippen molar-refractivity contribution >= 4 is 17.6 Å². The molecule has 0 unspecified atom stereocenters. The van der Waals surface area contributed by atoms with Crippen LogP contribution in [0.2, 0.25) is 5.02 Å². The van der Waals surface area contributed by atoms with Crippen molar-refractivity contribution in [2.24, 2.45) is 0 Å². The molecule has 2 N–H and O–H groups in total. The molecule has 3 aromatic carbocycles. The van der Waals surface area contributed by atoms with Gasteiger partial charge in [-0.15, -0.1) is 0 Å². The van der Waals surface area contributed by atoms with Crippen LogP contribution in [0.4, 0.5) is 17.6 Å². The molecule has 4 rings (SSSR count). The quantitative estimate of drug-likeness (QED) is 0.143. The molecule has 0 radical (unpaired) electrons. The SMILES string of the molecule is COc1cccc(-c2c(C)n(Cc3c(F)cccc3C(F)(F)F)c(=O)n(C[C@@H](NCCCC(=O)O)c3ccccc3)c2=O)c1Cl. The van der Waals surface area contributed by atoms with Gasteiger partial charge < -0.3 is 15.2 Å². The van der Waals surface area contributed by atoms with E-state index in [2.05, 4.69) is 5.32 Å². The molecular weight excluding hydrogens is 618 g/mol. The third kappa shape index (κ3) is 7.46. The van der Waals surface area contributed by atoms with Gasteiger partial charge in [-0.25, -0.2) is 9.18 Å². The zero-order valence-corrected chi connectivity index (χ0v) is 25.1. The summed E-state index contributed by atoms with van der Waals surface area (Å²) in [6.45, 7) is 0.487. The van der Waals surface area contributed by atoms with Crippen LogP contribution in [0.15, 0.2) is 76.3 Å². The van der Waals surface area contributed by atoms with E-state index in [0.29, 0.717) is 5.56 Å². The highest BCUT2D eigenvalue weighted by Gasteiger charge is 2.35. The number of benzene rings is 3. The van der Waals surface area contributed by atoms with E-state index in [1.165, 1.54) is 20.1 Å². The number of aromatic nitrogens is 2. The third-order valence-corrected chi connectivity index (χ3v) is 7.80. The van der Waals surface area contributed by atoms with Gasteiger partial charge in [0.25, 0.3) is 5.56 Å². The first-order valence-electron chi connectivity index (χ1n) is 13.9. The van der Waals surface area contributed by atoms with E-state index in [0.717, 1.165) is 27.3 Å². The van der Waals surface area contributed by atoms with Gasteiger partial charge in [-0.05, 0) is 43.7 Å². The first-order valence-corrected chi connectivity index (χ1v) is 14.2. The molecule has 1 aromatic heterocycles. The van der Waals surface area contributed by atoms with E-state index in [-0.39, 0.29) is 53.5 Å². The van der Waals surface area contributed by atoms with E-state index in [4.69, 9.17) is 21.4 Å². The van der Waals surface area contributed by atoms with Crippen molar-refractivity contribution in [1.29, 1.82) is 0 Å². The molecule has 0 spiro atoms. The van der Waals surface area contributed by atoms with Crippen LogP contribution >= 0.6 is 11.6 Å². The Balaban J connectivity index is 1.95. The highest BCUT2D eigenvalue weighted by molar-refractivity contribution is 6.34. The standard InChI is InChI=1S/C32H30ClF4N3O5/c1-19-28(21-11-6-14-26(45-2)29(21)33)30(43)40(18-25(20-9-4-3-5-10-20)38-16-8-15-27(41)42)31(44)39(19)17-22-23(32(35,36)37)12-7-13-24(22)34/h3-7,9-14,25,38H,8,15-18H2,1-2H3,(H,41,42)/t25-/m1/s1. The summed E-state index contributed by atoms with van der Waals surface area (Å²) in [6.07, 6.45) is -4.78. The number of carboxylic acid groups (broad SMARTS) is 1. The van der Waals surface area contributed by atoms with E-state index >= 15 is 0 Å². The van der Waals surface area contributed by atoms with E-state index < -0.39 is 52.9 Å². The molecule has 4 aromatic rings. The van der Waals surface area contributed by atoms with Crippen molar-refractivity contribution in [3.05, 3.63) is 121 Å². The maximum Gasteiger partial charge on any atom is 0.416 e. The average Bonchev–Trinajstić information content (AvgIpc) is 2.99. The largest absolute Gasteiger partial charge is 0.495 e. The summed E-state index contributed by atoms with van der Waals surface area (Å²) in [5, 5.41) is 12.2. The lowest BCUT2D eigenvalue weighted by molar-refractivity contribution is -0.138. The molecule has 0 aliphatic rings. The maximum absolute atomic E-state index is 15.0. The number of carbonyl (C=O) groups is 1. The molecular formula is C32H30ClF4N3O5. The fourth-order valence-electron chi connectivity index (χ4n) is 5.13. The van der Waals surface area contributed by atoms with Gasteiger partial charge in [-0.1, -0.05) is 60.1 Å². The van der Waals surface area contributed by atoms with Gasteiger partial charge in [0.2, 0.25) is 0 Å². The average molecular weight is 648 g/mol. The van der Waals surface area contributed by atoms with Crippen LogP contribution in [0.25, 0.3) is 11.1 Å². The lowest BCUT2D eigenvalue weighted by Gasteiger charge is -2.24. The van der Waals surface area contributed by atoms with Crippen molar-refractivity contribution in [3.63, 3.8) is 0 Å². The summed E-state index contributed by atoms with van der Waals surface area (Å²) in [5.41, 5.74) is -3.05. The molecule has 1 heterocycles. The smallest absolute Gasteiger partial charge is 0.416 e. The molecule has 238 valence electrons. The highest BCUT2D eigenvalue weighted by Crippen LogP contribution is 2.36. The Hall–Kier alpha value is -4.42. The molecule has 0 aliphatic heterocycles. The Kier molecular flexibility index (Phi) is 10.5. The molecule has 13 heteroatoms. The Morgan fingerprint density at radius 2 is 1.71 bits per heavy atom. The van der Waals surface area contributed by atoms with Gasteiger partial charge in [0.15, 0.2) is 0 Å². The molecule has 0 aliphatic carbocycles. The van der Waals surface area contributed by atoms with Gasteiger partial charge in [0.05, 0.1) is 42.4 Å². The third-order valence-electron chi connectivity index (χ3n) is 7.41. The van der Waals surface area contributed by atoms with Crippen molar-refractivity contribution in [3.8, 4) is 16.9 Å². The van der Waals surface area contributed by atoms with Crippen molar-refractivity contribution in [2.45, 2.75) is 45.1 Å². The number of aliphatic carboxylic acids is 1. The van der Waals surface area contributed by atoms with Gasteiger partial charge in [0, 0.05) is 23.2 Å². The summed E-state index contributed by atoms with van der Waals surface area (Å²) in [5.74, 6) is -1.94. The number of nitrogens with one attached hydrogen (secondary N) is 1. The minimum atomic E-state index is -4.92. The summed E-state index contributed by atoms with van der Waals surface area (Å²) in [7, 11) is 1.37. The number of halogens is 5. The van der Waals surface area contributed by atoms with Gasteiger partial charge in [-0.2, -0.15) is 13.2 Å². The molecule has 1 atom stereocenters. The van der Waals surface area contributed by atoms with Gasteiger partial charge in [-0.3, -0.25) is 18.7 Å². The number of hydrogen-bond donors (Lipinski definition) is 2. The number of nitrogens with zero attached hydrogens (tertiary/aromatic N) is 2. The van der Waals surface area contributed by atoms with E-state index in [1.54, 1.807) is 42.5 Å². The predicted molar refractivity (Wildman–Crippen MR) is 161 cm³/mol. The van der Waals surface area contributed by atoms with Crippen LogP contribution in [0, 0.1) is 12.7 Å². The topological polar surface area (TPSA) is 103 Å². The van der Waals surface area contributed by atoms with Crippen LogP contribution in [0.1, 0.15) is 41.3 Å². The second-order valence-corrected chi connectivity index (χ2v) is 10.6. The zero-order chi connectivity index (χ0) is 32.9. The lowest BCUT2D eigenvalue weighted by atomic mass is 10.0. The van der Waals surface area contributed by atoms with Gasteiger partial charge in [0.1, 0.15) is 11.6 Å². The highest BCUT2D eigenvalue weighted by atomic mass is 35.5. The Morgan fingerprint density at radius 1 is 1.02 bits per heavy atom. The normalized spacial score (nSPS) is 12.2. The van der Waals surface area contributed by atoms with E-state index in [1.807, 2.05) is 0 Å². The summed E-state index contributed by atoms with van der Waals surface area (Å²) in [4.78, 5) is 39.2. The van der Waals surface area contributed by atoms with Crippen LogP contribution in [0.5, 0.6) is 5.75 Å². The Labute approximate surface area is 260 Å². The molecule has 45 heavy (non-hydrogen) atoms. The second kappa shape index (κ2) is 14.1. The molecule has 0 amide bonds. The van der Waals surface area contributed by atoms with Crippen molar-refractivity contribution < 1.29 is 32.2 Å². The van der Waals surface area contributed by atoms with E-state index in [9.17, 15) is 31.9 Å². The van der Waals surface area contributed by atoms with Crippen LogP contribution in [-0.2, 0) is 24.1 Å². The fraction of sp³-hybridized carbons (Fsp3) is 0.281. The number of methoxy groups -OCH3 is 1. The zero-order valence-electron chi connectivity index (χ0n) is 24.3. The maximum atomic E-state index is 15.0. The molecule has 0 saturated carbocycles. The fourth-order valence-corrected chi connectivity index (χ4v) is 5.43. The Bertz CT molecular complexity index is 1810. The van der Waals surface area contributed by atoms with Crippen LogP contribution in [0.3, 0.4) is 0 Å². The van der Waals surface area contributed by atoms with Crippen LogP contribution < -0.4 is 21.3 Å².